The van der Waals surface area contributed by atoms with Gasteiger partial charge in [-0.2, -0.15) is 4.31 Å². The Bertz CT molecular complexity index is 801. The highest BCUT2D eigenvalue weighted by Crippen LogP contribution is 2.30. The summed E-state index contributed by atoms with van der Waals surface area (Å²) in [6, 6.07) is 6.60. The molecule has 1 saturated carbocycles. The molecule has 0 aromatic heterocycles. The number of hydrogen-bond acceptors (Lipinski definition) is 4. The minimum absolute atomic E-state index is 0.151. The number of benzene rings is 1. The van der Waals surface area contributed by atoms with Gasteiger partial charge in [0.25, 0.3) is 5.91 Å². The Kier molecular flexibility index (Phi) is 7.35. The summed E-state index contributed by atoms with van der Waals surface area (Å²) in [5, 5.41) is 3.16. The van der Waals surface area contributed by atoms with Crippen LogP contribution in [-0.2, 0) is 14.8 Å². The van der Waals surface area contributed by atoms with Crippen LogP contribution in [0.1, 0.15) is 69.7 Å². The largest absolute Gasteiger partial charge is 0.373 e. The molecule has 1 heterocycles. The zero-order chi connectivity index (χ0) is 21.0. The van der Waals surface area contributed by atoms with E-state index in [2.05, 4.69) is 12.2 Å². The molecule has 1 aromatic carbocycles. The maximum Gasteiger partial charge on any atom is 0.251 e. The van der Waals surface area contributed by atoms with Crippen LogP contribution in [0.3, 0.4) is 0 Å². The molecule has 1 aromatic rings. The highest BCUT2D eigenvalue weighted by atomic mass is 32.2. The van der Waals surface area contributed by atoms with Crippen molar-refractivity contribution in [1.29, 1.82) is 0 Å². The first-order chi connectivity index (χ1) is 13.8. The summed E-state index contributed by atoms with van der Waals surface area (Å²) in [5.41, 5.74) is 0.404. The molecule has 7 heteroatoms. The maximum absolute atomic E-state index is 13.1. The van der Waals surface area contributed by atoms with E-state index in [0.29, 0.717) is 24.6 Å². The molecule has 1 N–H and O–H groups in total. The minimum atomic E-state index is -3.66. The molecule has 1 aliphatic heterocycles. The minimum Gasteiger partial charge on any atom is -0.373 e. The van der Waals surface area contributed by atoms with Crippen LogP contribution in [0.25, 0.3) is 0 Å². The topological polar surface area (TPSA) is 75.7 Å². The van der Waals surface area contributed by atoms with Crippen molar-refractivity contribution in [3.8, 4) is 0 Å². The number of rotatable bonds is 7. The second-order valence-corrected chi connectivity index (χ2v) is 10.5. The number of unbranched alkanes of at least 4 members (excludes halogenated alkanes) is 1. The molecule has 4 atom stereocenters. The van der Waals surface area contributed by atoms with Crippen molar-refractivity contribution in [3.05, 3.63) is 29.8 Å². The molecular weight excluding hydrogens is 388 g/mol. The van der Waals surface area contributed by atoms with Crippen molar-refractivity contribution in [3.63, 3.8) is 0 Å². The predicted octanol–water partition coefficient (Wildman–Crippen LogP) is 3.57. The van der Waals surface area contributed by atoms with Gasteiger partial charge in [-0.05, 0) is 57.2 Å². The summed E-state index contributed by atoms with van der Waals surface area (Å²) < 4.78 is 33.3. The zero-order valence-electron chi connectivity index (χ0n) is 17.8. The molecule has 4 unspecified atom stereocenters. The molecule has 1 saturated heterocycles. The number of nitrogens with zero attached hydrogens (tertiary/aromatic N) is 1. The molecule has 1 aliphatic carbocycles. The van der Waals surface area contributed by atoms with E-state index >= 15 is 0 Å². The molecule has 162 valence electrons. The molecule has 0 spiro atoms. The summed E-state index contributed by atoms with van der Waals surface area (Å²) >= 11 is 0. The highest BCUT2D eigenvalue weighted by Gasteiger charge is 2.33. The quantitative estimate of drug-likeness (QED) is 0.729. The van der Waals surface area contributed by atoms with E-state index in [1.165, 1.54) is 16.8 Å². The second-order valence-electron chi connectivity index (χ2n) is 8.52. The van der Waals surface area contributed by atoms with Crippen LogP contribution in [0.15, 0.2) is 29.2 Å². The van der Waals surface area contributed by atoms with Crippen LogP contribution in [0.2, 0.25) is 0 Å². The fourth-order valence-corrected chi connectivity index (χ4v) is 6.20. The van der Waals surface area contributed by atoms with E-state index in [0.717, 1.165) is 32.1 Å². The van der Waals surface area contributed by atoms with E-state index in [-0.39, 0.29) is 29.1 Å². The van der Waals surface area contributed by atoms with Crippen molar-refractivity contribution >= 4 is 15.9 Å². The number of sulfonamides is 1. The van der Waals surface area contributed by atoms with E-state index < -0.39 is 10.0 Å². The van der Waals surface area contributed by atoms with Crippen molar-refractivity contribution < 1.29 is 17.9 Å². The molecule has 2 fully saturated rings. The second kappa shape index (κ2) is 9.58. The van der Waals surface area contributed by atoms with Gasteiger partial charge in [-0.3, -0.25) is 4.79 Å². The monoisotopic (exact) mass is 422 g/mol. The van der Waals surface area contributed by atoms with E-state index in [9.17, 15) is 13.2 Å². The Morgan fingerprint density at radius 2 is 1.93 bits per heavy atom. The molecule has 6 nitrogen and oxygen atoms in total. The predicted molar refractivity (Wildman–Crippen MR) is 113 cm³/mol. The highest BCUT2D eigenvalue weighted by molar-refractivity contribution is 7.89. The summed E-state index contributed by atoms with van der Waals surface area (Å²) in [5.74, 6) is 0.348. The molecule has 1 amide bonds. The van der Waals surface area contributed by atoms with Gasteiger partial charge in [-0.25, -0.2) is 8.42 Å². The molecular formula is C22H34N2O4S. The molecule has 0 radical (unpaired) electrons. The van der Waals surface area contributed by atoms with Gasteiger partial charge in [-0.15, -0.1) is 0 Å². The average molecular weight is 423 g/mol. The fraction of sp³-hybridized carbons (Fsp3) is 0.682. The summed E-state index contributed by atoms with van der Waals surface area (Å²) in [6.07, 6.45) is 6.49. The van der Waals surface area contributed by atoms with Gasteiger partial charge in [0.2, 0.25) is 10.0 Å². The van der Waals surface area contributed by atoms with Crippen LogP contribution in [-0.4, -0.2) is 50.0 Å². The number of morpholine rings is 1. The third-order valence-electron chi connectivity index (χ3n) is 6.02. The molecule has 3 rings (SSSR count). The van der Waals surface area contributed by atoms with Gasteiger partial charge >= 0.3 is 0 Å². The lowest BCUT2D eigenvalue weighted by Gasteiger charge is -2.34. The van der Waals surface area contributed by atoms with Gasteiger partial charge < -0.3 is 10.1 Å². The summed E-state index contributed by atoms with van der Waals surface area (Å²) in [6.45, 7) is 6.58. The Morgan fingerprint density at radius 3 is 2.62 bits per heavy atom. The normalized spacial score (nSPS) is 28.4. The van der Waals surface area contributed by atoms with Gasteiger partial charge in [0.1, 0.15) is 0 Å². The summed E-state index contributed by atoms with van der Waals surface area (Å²) in [7, 11) is -3.66. The number of carbonyl (C=O) groups excluding carboxylic acids is 1. The van der Waals surface area contributed by atoms with Crippen LogP contribution < -0.4 is 5.32 Å². The number of carbonyl (C=O) groups is 1. The summed E-state index contributed by atoms with van der Waals surface area (Å²) in [4.78, 5) is 13.0. The first-order valence-electron chi connectivity index (χ1n) is 10.9. The van der Waals surface area contributed by atoms with E-state index in [1.807, 2.05) is 13.8 Å². The third-order valence-corrected chi connectivity index (χ3v) is 7.85. The average Bonchev–Trinajstić information content (AvgIpc) is 3.12. The van der Waals surface area contributed by atoms with Crippen molar-refractivity contribution in [2.24, 2.45) is 5.92 Å². The number of hydrogen-bond donors (Lipinski definition) is 1. The maximum atomic E-state index is 13.1. The molecule has 2 aliphatic rings. The van der Waals surface area contributed by atoms with Gasteiger partial charge in [0.15, 0.2) is 0 Å². The van der Waals surface area contributed by atoms with E-state index in [4.69, 9.17) is 4.74 Å². The van der Waals surface area contributed by atoms with Crippen LogP contribution in [0.4, 0.5) is 0 Å². The van der Waals surface area contributed by atoms with Gasteiger partial charge in [0, 0.05) is 24.7 Å². The fourth-order valence-electron chi connectivity index (χ4n) is 4.56. The zero-order valence-corrected chi connectivity index (χ0v) is 18.6. The van der Waals surface area contributed by atoms with Crippen LogP contribution >= 0.6 is 0 Å². The van der Waals surface area contributed by atoms with Crippen LogP contribution in [0, 0.1) is 5.92 Å². The molecule has 0 bridgehead atoms. The number of ether oxygens (including phenoxy) is 1. The Labute approximate surface area is 175 Å². The SMILES string of the molecule is CCCCC1CCCC1NC(=O)c1cccc(S(=O)(=O)N2CC(C)OC(C)C2)c1. The van der Waals surface area contributed by atoms with Gasteiger partial charge in [-0.1, -0.05) is 32.3 Å². The van der Waals surface area contributed by atoms with Crippen molar-refractivity contribution in [1.82, 2.24) is 9.62 Å². The lowest BCUT2D eigenvalue weighted by molar-refractivity contribution is -0.0440. The Morgan fingerprint density at radius 1 is 1.21 bits per heavy atom. The smallest absolute Gasteiger partial charge is 0.251 e. The lowest BCUT2D eigenvalue weighted by atomic mass is 9.96. The van der Waals surface area contributed by atoms with Crippen LogP contribution in [0.5, 0.6) is 0 Å². The van der Waals surface area contributed by atoms with Crippen molar-refractivity contribution in [2.75, 3.05) is 13.1 Å². The third kappa shape index (κ3) is 5.38. The number of amides is 1. The van der Waals surface area contributed by atoms with Gasteiger partial charge in [0.05, 0.1) is 17.1 Å². The standard InChI is InChI=1S/C22H34N2O4S/c1-4-5-8-18-9-7-12-21(18)23-22(25)19-10-6-11-20(13-19)29(26,27)24-14-16(2)28-17(3)15-24/h6,10-11,13,16-18,21H,4-5,7-9,12,14-15H2,1-3H3,(H,23,25). The van der Waals surface area contributed by atoms with Crippen molar-refractivity contribution in [2.45, 2.75) is 82.4 Å². The first kappa shape index (κ1) is 22.2. The first-order valence-corrected chi connectivity index (χ1v) is 12.3. The lowest BCUT2D eigenvalue weighted by Crippen LogP contribution is -2.48. The Hall–Kier alpha value is -1.44. The number of nitrogens with one attached hydrogen (secondary N) is 1. The Balaban J connectivity index is 1.72. The van der Waals surface area contributed by atoms with E-state index in [1.54, 1.807) is 18.2 Å². The molecule has 29 heavy (non-hydrogen) atoms.